The van der Waals surface area contributed by atoms with Crippen LogP contribution in [0.2, 0.25) is 0 Å². The van der Waals surface area contributed by atoms with E-state index in [9.17, 15) is 9.59 Å². The summed E-state index contributed by atoms with van der Waals surface area (Å²) in [6.07, 6.45) is 3.12. The van der Waals surface area contributed by atoms with Crippen LogP contribution in [-0.4, -0.2) is 35.0 Å². The first kappa shape index (κ1) is 14.8. The molecular formula is C16H16N2O3. The molecule has 5 nitrogen and oxygen atoms in total. The zero-order valence-electron chi connectivity index (χ0n) is 11.7. The summed E-state index contributed by atoms with van der Waals surface area (Å²) in [6.45, 7) is 2.63. The van der Waals surface area contributed by atoms with Gasteiger partial charge in [-0.05, 0) is 23.8 Å². The van der Waals surface area contributed by atoms with E-state index >= 15 is 0 Å². The molecule has 1 fully saturated rings. The van der Waals surface area contributed by atoms with Crippen LogP contribution in [0.5, 0.6) is 0 Å². The van der Waals surface area contributed by atoms with Gasteiger partial charge < -0.3 is 10.0 Å². The minimum Gasteiger partial charge on any atom is -0.481 e. The second kappa shape index (κ2) is 6.23. The van der Waals surface area contributed by atoms with Crippen LogP contribution in [0.1, 0.15) is 18.1 Å². The van der Waals surface area contributed by atoms with Crippen molar-refractivity contribution in [3.8, 4) is 6.07 Å². The Morgan fingerprint density at radius 3 is 2.81 bits per heavy atom. The number of hydrogen-bond donors (Lipinski definition) is 1. The summed E-state index contributed by atoms with van der Waals surface area (Å²) in [4.78, 5) is 24.4. The Bertz CT molecular complexity index is 625. The highest BCUT2D eigenvalue weighted by molar-refractivity contribution is 5.92. The topological polar surface area (TPSA) is 81.4 Å². The molecule has 1 amide bonds. The molecule has 0 saturated carbocycles. The van der Waals surface area contributed by atoms with Crippen molar-refractivity contribution in [1.29, 1.82) is 5.26 Å². The van der Waals surface area contributed by atoms with E-state index in [4.69, 9.17) is 10.4 Å². The second-order valence-corrected chi connectivity index (χ2v) is 5.20. The summed E-state index contributed by atoms with van der Waals surface area (Å²) in [5.74, 6) is -1.35. The fourth-order valence-corrected chi connectivity index (χ4v) is 2.20. The van der Waals surface area contributed by atoms with E-state index < -0.39 is 11.9 Å². The Morgan fingerprint density at radius 1 is 1.48 bits per heavy atom. The first-order valence-corrected chi connectivity index (χ1v) is 6.71. The SMILES string of the molecule is CC(C(=O)O)C1CN(C(=O)/C=C/c2cccc(C#N)c2)C1. The van der Waals surface area contributed by atoms with E-state index in [1.807, 2.05) is 12.1 Å². The largest absolute Gasteiger partial charge is 0.481 e. The van der Waals surface area contributed by atoms with Gasteiger partial charge in [-0.15, -0.1) is 0 Å². The van der Waals surface area contributed by atoms with Crippen molar-refractivity contribution in [2.75, 3.05) is 13.1 Å². The van der Waals surface area contributed by atoms with Gasteiger partial charge in [0.2, 0.25) is 5.91 Å². The van der Waals surface area contributed by atoms with Crippen LogP contribution in [0.25, 0.3) is 6.08 Å². The number of carbonyl (C=O) groups excluding carboxylic acids is 1. The molecule has 5 heteroatoms. The lowest BCUT2D eigenvalue weighted by Crippen LogP contribution is -2.53. The average molecular weight is 284 g/mol. The first-order chi connectivity index (χ1) is 10.0. The van der Waals surface area contributed by atoms with Gasteiger partial charge in [-0.1, -0.05) is 19.1 Å². The maximum atomic E-state index is 11.9. The number of carbonyl (C=O) groups is 2. The molecule has 21 heavy (non-hydrogen) atoms. The standard InChI is InChI=1S/C16H16N2O3/c1-11(16(20)21)14-9-18(10-14)15(19)6-5-12-3-2-4-13(7-12)8-17/h2-7,11,14H,9-10H2,1H3,(H,20,21)/b6-5+. The van der Waals surface area contributed by atoms with Crippen LogP contribution < -0.4 is 0 Å². The molecule has 1 N–H and O–H groups in total. The fraction of sp³-hybridized carbons (Fsp3) is 0.312. The maximum Gasteiger partial charge on any atom is 0.306 e. The van der Waals surface area contributed by atoms with Crippen LogP contribution in [-0.2, 0) is 9.59 Å². The highest BCUT2D eigenvalue weighted by Crippen LogP contribution is 2.24. The van der Waals surface area contributed by atoms with Crippen LogP contribution >= 0.6 is 0 Å². The van der Waals surface area contributed by atoms with E-state index in [1.54, 1.807) is 36.1 Å². The van der Waals surface area contributed by atoms with E-state index in [1.165, 1.54) is 6.08 Å². The summed E-state index contributed by atoms with van der Waals surface area (Å²) < 4.78 is 0. The van der Waals surface area contributed by atoms with Gasteiger partial charge in [-0.25, -0.2) is 0 Å². The van der Waals surface area contributed by atoms with Crippen LogP contribution in [0.4, 0.5) is 0 Å². The van der Waals surface area contributed by atoms with Crippen molar-refractivity contribution in [2.45, 2.75) is 6.92 Å². The molecular weight excluding hydrogens is 268 g/mol. The van der Waals surface area contributed by atoms with Crippen LogP contribution in [0.3, 0.4) is 0 Å². The number of likely N-dealkylation sites (tertiary alicyclic amines) is 1. The summed E-state index contributed by atoms with van der Waals surface area (Å²) >= 11 is 0. The Morgan fingerprint density at radius 2 is 2.19 bits per heavy atom. The average Bonchev–Trinajstić information content (AvgIpc) is 2.43. The Balaban J connectivity index is 1.90. The van der Waals surface area contributed by atoms with Gasteiger partial charge in [0.25, 0.3) is 0 Å². The lowest BCUT2D eigenvalue weighted by Gasteiger charge is -2.40. The summed E-state index contributed by atoms with van der Waals surface area (Å²) in [7, 11) is 0. The highest BCUT2D eigenvalue weighted by Gasteiger charge is 2.36. The Labute approximate surface area is 123 Å². The van der Waals surface area contributed by atoms with Crippen molar-refractivity contribution in [1.82, 2.24) is 4.90 Å². The van der Waals surface area contributed by atoms with Gasteiger partial charge in [0.1, 0.15) is 0 Å². The van der Waals surface area contributed by atoms with Gasteiger partial charge in [-0.2, -0.15) is 5.26 Å². The lowest BCUT2D eigenvalue weighted by molar-refractivity contribution is -0.148. The van der Waals surface area contributed by atoms with Crippen molar-refractivity contribution >= 4 is 18.0 Å². The van der Waals surface area contributed by atoms with Gasteiger partial charge in [0.05, 0.1) is 17.6 Å². The number of carboxylic acids is 1. The minimum absolute atomic E-state index is 0.0294. The maximum absolute atomic E-state index is 11.9. The van der Waals surface area contributed by atoms with Crippen molar-refractivity contribution in [3.05, 3.63) is 41.5 Å². The monoisotopic (exact) mass is 284 g/mol. The molecule has 1 atom stereocenters. The molecule has 1 unspecified atom stereocenters. The van der Waals surface area contributed by atoms with Crippen molar-refractivity contribution in [2.24, 2.45) is 11.8 Å². The summed E-state index contributed by atoms with van der Waals surface area (Å²) in [5, 5.41) is 17.7. The predicted molar refractivity (Wildman–Crippen MR) is 77.1 cm³/mol. The number of hydrogen-bond acceptors (Lipinski definition) is 3. The number of nitriles is 1. The smallest absolute Gasteiger partial charge is 0.306 e. The molecule has 0 radical (unpaired) electrons. The molecule has 1 heterocycles. The third kappa shape index (κ3) is 3.48. The molecule has 108 valence electrons. The third-order valence-corrected chi connectivity index (χ3v) is 3.75. The quantitative estimate of drug-likeness (QED) is 0.854. The van der Waals surface area contributed by atoms with E-state index in [-0.39, 0.29) is 11.8 Å². The Hall–Kier alpha value is -2.61. The number of carboxylic acid groups (broad SMARTS) is 1. The molecule has 2 rings (SSSR count). The third-order valence-electron chi connectivity index (χ3n) is 3.75. The van der Waals surface area contributed by atoms with Crippen LogP contribution in [0.15, 0.2) is 30.3 Å². The molecule has 0 aromatic heterocycles. The number of rotatable bonds is 4. The highest BCUT2D eigenvalue weighted by atomic mass is 16.4. The molecule has 1 saturated heterocycles. The van der Waals surface area contributed by atoms with Crippen LogP contribution in [0, 0.1) is 23.2 Å². The zero-order chi connectivity index (χ0) is 15.4. The lowest BCUT2D eigenvalue weighted by atomic mass is 9.87. The van der Waals surface area contributed by atoms with Gasteiger partial charge in [-0.3, -0.25) is 9.59 Å². The second-order valence-electron chi connectivity index (χ2n) is 5.20. The van der Waals surface area contributed by atoms with E-state index in [0.717, 1.165) is 5.56 Å². The number of amides is 1. The van der Waals surface area contributed by atoms with Crippen molar-refractivity contribution < 1.29 is 14.7 Å². The van der Waals surface area contributed by atoms with Gasteiger partial charge in [0, 0.05) is 25.1 Å². The summed E-state index contributed by atoms with van der Waals surface area (Å²) in [5.41, 5.74) is 1.34. The minimum atomic E-state index is -0.823. The zero-order valence-corrected chi connectivity index (χ0v) is 11.7. The van der Waals surface area contributed by atoms with Gasteiger partial charge >= 0.3 is 5.97 Å². The molecule has 1 aliphatic heterocycles. The fourth-order valence-electron chi connectivity index (χ4n) is 2.20. The van der Waals surface area contributed by atoms with Gasteiger partial charge in [0.15, 0.2) is 0 Å². The van der Waals surface area contributed by atoms with Crippen molar-refractivity contribution in [3.63, 3.8) is 0 Å². The number of benzene rings is 1. The Kier molecular flexibility index (Phi) is 4.39. The molecule has 1 aliphatic rings. The molecule has 1 aromatic rings. The predicted octanol–water partition coefficient (Wildman–Crippen LogP) is 1.75. The van der Waals surface area contributed by atoms with E-state index in [0.29, 0.717) is 18.7 Å². The normalized spacial score (nSPS) is 16.3. The summed E-state index contributed by atoms with van der Waals surface area (Å²) in [6, 6.07) is 9.02. The number of aliphatic carboxylic acids is 1. The van der Waals surface area contributed by atoms with E-state index in [2.05, 4.69) is 0 Å². The first-order valence-electron chi connectivity index (χ1n) is 6.71. The number of nitrogens with zero attached hydrogens (tertiary/aromatic N) is 2. The molecule has 0 bridgehead atoms. The molecule has 1 aromatic carbocycles. The molecule has 0 aliphatic carbocycles. The molecule has 0 spiro atoms.